The Hall–Kier alpha value is -2.79. The monoisotopic (exact) mass is 399 g/mol. The maximum Gasteiger partial charge on any atom is 0.276 e. The Labute approximate surface area is 170 Å². The van der Waals surface area contributed by atoms with E-state index in [0.717, 1.165) is 30.6 Å². The molecule has 2 amide bonds. The van der Waals surface area contributed by atoms with Gasteiger partial charge in [0.1, 0.15) is 12.1 Å². The molecule has 1 atom stereocenters. The summed E-state index contributed by atoms with van der Waals surface area (Å²) < 4.78 is 11.5. The molecule has 154 valence electrons. The first-order valence-electron chi connectivity index (χ1n) is 10.3. The molecule has 3 aliphatic rings. The highest BCUT2D eigenvalue weighted by molar-refractivity contribution is 5.82. The minimum Gasteiger partial charge on any atom is -0.485 e. The quantitative estimate of drug-likeness (QED) is 0.712. The molecule has 0 aromatic heterocycles. The molecule has 0 spiro atoms. The highest BCUT2D eigenvalue weighted by Crippen LogP contribution is 2.31. The highest BCUT2D eigenvalue weighted by Gasteiger charge is 2.37. The number of carbonyl (C=O) groups is 2. The molecule has 2 heterocycles. The minimum absolute atomic E-state index is 0.0719. The van der Waals surface area contributed by atoms with E-state index in [-0.39, 0.29) is 18.4 Å². The summed E-state index contributed by atoms with van der Waals surface area (Å²) in [5.74, 6) is 1.10. The molecule has 0 bridgehead atoms. The lowest BCUT2D eigenvalue weighted by molar-refractivity contribution is -0.896. The lowest BCUT2D eigenvalue weighted by Crippen LogP contribution is -3.16. The Morgan fingerprint density at radius 3 is 2.59 bits per heavy atom. The highest BCUT2D eigenvalue weighted by atomic mass is 16.6. The average Bonchev–Trinajstić information content (AvgIpc) is 3.22. The van der Waals surface area contributed by atoms with Crippen LogP contribution < -0.4 is 19.7 Å². The SMILES string of the molecule is N#CC1(NC(=O)C[NH+]2CCN(C(=O)[C@H]3COc4ccccc4O3)CC2)CCCC1. The lowest BCUT2D eigenvalue weighted by atomic mass is 10.00. The Kier molecular flexibility index (Phi) is 5.58. The van der Waals surface area contributed by atoms with E-state index in [2.05, 4.69) is 11.4 Å². The first kappa shape index (κ1) is 19.5. The Bertz CT molecular complexity index is 807. The second-order valence-corrected chi connectivity index (χ2v) is 8.07. The number of rotatable bonds is 4. The molecule has 1 aromatic carbocycles. The van der Waals surface area contributed by atoms with Crippen LogP contribution >= 0.6 is 0 Å². The Balaban J connectivity index is 1.25. The number of amides is 2. The number of hydrogen-bond donors (Lipinski definition) is 2. The molecular weight excluding hydrogens is 372 g/mol. The van der Waals surface area contributed by atoms with E-state index >= 15 is 0 Å². The molecule has 8 nitrogen and oxygen atoms in total. The van der Waals surface area contributed by atoms with Crippen molar-refractivity contribution in [1.82, 2.24) is 10.2 Å². The molecule has 2 N–H and O–H groups in total. The largest absolute Gasteiger partial charge is 0.485 e. The van der Waals surface area contributed by atoms with Crippen LogP contribution in [0.4, 0.5) is 0 Å². The van der Waals surface area contributed by atoms with Crippen LogP contribution in [0.25, 0.3) is 0 Å². The fourth-order valence-electron chi connectivity index (χ4n) is 4.35. The van der Waals surface area contributed by atoms with Gasteiger partial charge in [-0.15, -0.1) is 0 Å². The van der Waals surface area contributed by atoms with Crippen LogP contribution in [0.2, 0.25) is 0 Å². The van der Waals surface area contributed by atoms with Crippen LogP contribution in [0.5, 0.6) is 11.5 Å². The summed E-state index contributed by atoms with van der Waals surface area (Å²) in [4.78, 5) is 28.1. The van der Waals surface area contributed by atoms with E-state index in [1.807, 2.05) is 18.2 Å². The van der Waals surface area contributed by atoms with Crippen LogP contribution in [-0.4, -0.2) is 67.7 Å². The van der Waals surface area contributed by atoms with Gasteiger partial charge in [-0.25, -0.2) is 0 Å². The number of fused-ring (bicyclic) bond motifs is 1. The molecule has 2 aliphatic heterocycles. The van der Waals surface area contributed by atoms with Gasteiger partial charge in [0.05, 0.1) is 32.2 Å². The third kappa shape index (κ3) is 4.30. The van der Waals surface area contributed by atoms with Gasteiger partial charge >= 0.3 is 0 Å². The van der Waals surface area contributed by atoms with Gasteiger partial charge < -0.3 is 24.6 Å². The second kappa shape index (κ2) is 8.29. The number of para-hydroxylation sites is 2. The van der Waals surface area contributed by atoms with Gasteiger partial charge in [0.2, 0.25) is 6.10 Å². The molecule has 1 aromatic rings. The Morgan fingerprint density at radius 2 is 1.90 bits per heavy atom. The molecule has 4 rings (SSSR count). The molecule has 0 radical (unpaired) electrons. The van der Waals surface area contributed by atoms with Crippen molar-refractivity contribution in [3.8, 4) is 17.6 Å². The van der Waals surface area contributed by atoms with Crippen LogP contribution in [0, 0.1) is 11.3 Å². The molecule has 29 heavy (non-hydrogen) atoms. The van der Waals surface area contributed by atoms with Crippen LogP contribution in [0.3, 0.4) is 0 Å². The Morgan fingerprint density at radius 1 is 1.21 bits per heavy atom. The number of piperazine rings is 1. The maximum atomic E-state index is 12.8. The summed E-state index contributed by atoms with van der Waals surface area (Å²) in [6, 6.07) is 9.64. The summed E-state index contributed by atoms with van der Waals surface area (Å²) in [6.45, 7) is 3.09. The lowest BCUT2D eigenvalue weighted by Gasteiger charge is -2.35. The maximum absolute atomic E-state index is 12.8. The smallest absolute Gasteiger partial charge is 0.276 e. The predicted octanol–water partition coefficient (Wildman–Crippen LogP) is -0.494. The van der Waals surface area contributed by atoms with Crippen molar-refractivity contribution in [3.63, 3.8) is 0 Å². The third-order valence-electron chi connectivity index (χ3n) is 6.03. The number of nitriles is 1. The number of carbonyl (C=O) groups excluding carboxylic acids is 2. The fraction of sp³-hybridized carbons (Fsp3) is 0.571. The van der Waals surface area contributed by atoms with Crippen LogP contribution in [0.15, 0.2) is 24.3 Å². The minimum atomic E-state index is -0.678. The number of benzene rings is 1. The first-order valence-corrected chi connectivity index (χ1v) is 10.3. The molecular formula is C21H27N4O4+. The number of quaternary nitrogens is 1. The molecule has 1 saturated carbocycles. The second-order valence-electron chi connectivity index (χ2n) is 8.07. The van der Waals surface area contributed by atoms with Crippen molar-refractivity contribution in [3.05, 3.63) is 24.3 Å². The van der Waals surface area contributed by atoms with Crippen molar-refractivity contribution in [2.45, 2.75) is 37.3 Å². The van der Waals surface area contributed by atoms with Crippen molar-refractivity contribution in [1.29, 1.82) is 5.26 Å². The van der Waals surface area contributed by atoms with Crippen molar-refractivity contribution in [2.24, 2.45) is 0 Å². The van der Waals surface area contributed by atoms with Crippen molar-refractivity contribution >= 4 is 11.8 Å². The standard InChI is InChI=1S/C21H26N4O4/c22-15-21(7-3-4-8-21)23-19(26)13-24-9-11-25(12-10-24)20(27)18-14-28-16-5-1-2-6-17(16)29-18/h1-2,5-6,18H,3-4,7-14H2,(H,23,26)/p+1/t18-/m1/s1. The van der Waals surface area contributed by atoms with Gasteiger partial charge in [-0.3, -0.25) is 9.59 Å². The first-order chi connectivity index (χ1) is 14.1. The number of nitrogens with zero attached hydrogens (tertiary/aromatic N) is 2. The van der Waals surface area contributed by atoms with Gasteiger partial charge in [-0.2, -0.15) is 5.26 Å². The zero-order valence-electron chi connectivity index (χ0n) is 16.5. The normalized spacial score (nSPS) is 23.3. The summed E-state index contributed by atoms with van der Waals surface area (Å²) in [7, 11) is 0. The molecule has 1 saturated heterocycles. The predicted molar refractivity (Wildman–Crippen MR) is 103 cm³/mol. The van der Waals surface area contributed by atoms with Crippen molar-refractivity contribution < 1.29 is 24.0 Å². The van der Waals surface area contributed by atoms with E-state index < -0.39 is 11.6 Å². The molecule has 2 fully saturated rings. The molecule has 0 unspecified atom stereocenters. The van der Waals surface area contributed by atoms with E-state index in [1.54, 1.807) is 11.0 Å². The van der Waals surface area contributed by atoms with Gasteiger partial charge in [0.25, 0.3) is 11.8 Å². The fourth-order valence-corrected chi connectivity index (χ4v) is 4.35. The van der Waals surface area contributed by atoms with Gasteiger partial charge in [-0.05, 0) is 37.8 Å². The zero-order chi connectivity index (χ0) is 20.3. The van der Waals surface area contributed by atoms with E-state index in [9.17, 15) is 14.9 Å². The van der Waals surface area contributed by atoms with Crippen LogP contribution in [-0.2, 0) is 9.59 Å². The van der Waals surface area contributed by atoms with Crippen LogP contribution in [0.1, 0.15) is 25.7 Å². The number of ether oxygens (including phenoxy) is 2. The zero-order valence-corrected chi connectivity index (χ0v) is 16.5. The summed E-state index contributed by atoms with van der Waals surface area (Å²) in [5.41, 5.74) is -0.678. The van der Waals surface area contributed by atoms with E-state index in [1.165, 1.54) is 0 Å². The molecule has 8 heteroatoms. The summed E-state index contributed by atoms with van der Waals surface area (Å²) >= 11 is 0. The summed E-state index contributed by atoms with van der Waals surface area (Å²) in [5, 5.41) is 12.4. The topological polar surface area (TPSA) is 96.1 Å². The number of hydrogen-bond acceptors (Lipinski definition) is 5. The van der Waals surface area contributed by atoms with Gasteiger partial charge in [-0.1, -0.05) is 12.1 Å². The van der Waals surface area contributed by atoms with E-state index in [0.29, 0.717) is 44.2 Å². The van der Waals surface area contributed by atoms with Gasteiger partial charge in [0, 0.05) is 0 Å². The average molecular weight is 399 g/mol. The summed E-state index contributed by atoms with van der Waals surface area (Å²) in [6.07, 6.45) is 2.81. The van der Waals surface area contributed by atoms with Crippen molar-refractivity contribution in [2.75, 3.05) is 39.3 Å². The number of nitrogens with one attached hydrogen (secondary N) is 2. The molecule has 1 aliphatic carbocycles. The van der Waals surface area contributed by atoms with Gasteiger partial charge in [0.15, 0.2) is 18.0 Å². The third-order valence-corrected chi connectivity index (χ3v) is 6.03. The van der Waals surface area contributed by atoms with E-state index in [4.69, 9.17) is 9.47 Å².